The van der Waals surface area contributed by atoms with Gasteiger partial charge in [-0.15, -0.1) is 0 Å². The Balaban J connectivity index is 1.44. The highest BCUT2D eigenvalue weighted by Crippen LogP contribution is 2.46. The average molecular weight is 440 g/mol. The minimum atomic E-state index is -0.563. The molecule has 2 aliphatic heterocycles. The number of hydroxylamine groups is 1. The van der Waals surface area contributed by atoms with Gasteiger partial charge < -0.3 is 20.5 Å². The molecule has 4 N–H and O–H groups in total. The fourth-order valence-corrected chi connectivity index (χ4v) is 4.36. The summed E-state index contributed by atoms with van der Waals surface area (Å²) in [5.41, 5.74) is 10.6. The molecular formula is C24H29N3O5. The number of carbonyl (C=O) groups excluding carboxylic acids is 2. The van der Waals surface area contributed by atoms with Crippen LogP contribution in [-0.2, 0) is 16.8 Å². The van der Waals surface area contributed by atoms with Gasteiger partial charge in [-0.2, -0.15) is 0 Å². The van der Waals surface area contributed by atoms with Crippen LogP contribution >= 0.6 is 0 Å². The quantitative estimate of drug-likeness (QED) is 0.617. The molecule has 2 aliphatic rings. The van der Waals surface area contributed by atoms with Crippen LogP contribution < -0.4 is 16.0 Å². The number of nitrogens with two attached hydrogens (primary N) is 1. The molecule has 2 aromatic carbocycles. The van der Waals surface area contributed by atoms with Crippen molar-refractivity contribution in [1.29, 1.82) is 0 Å². The van der Waals surface area contributed by atoms with Gasteiger partial charge in [-0.05, 0) is 56.5 Å². The van der Waals surface area contributed by atoms with Crippen molar-refractivity contribution in [3.63, 3.8) is 0 Å². The van der Waals surface area contributed by atoms with Crippen LogP contribution in [-0.4, -0.2) is 47.6 Å². The van der Waals surface area contributed by atoms with E-state index in [4.69, 9.17) is 15.3 Å². The molecule has 0 unspecified atom stereocenters. The standard InChI is InChI=1S/C24H29N3O5/c1-15(2)32-26-22(29)18-5-4-17(12-20(18)28)23(30)27-9-7-24(8-10-27)14-31-21-6-3-16(13-25)11-19(21)24/h3-6,11-12,15,28H,7-10,13-14,25H2,1-2H3,(H,26,29). The zero-order valence-electron chi connectivity index (χ0n) is 18.4. The number of carbonyl (C=O) groups is 2. The van der Waals surface area contributed by atoms with Crippen LogP contribution in [0.15, 0.2) is 36.4 Å². The van der Waals surface area contributed by atoms with Crippen LogP contribution in [0.3, 0.4) is 0 Å². The minimum Gasteiger partial charge on any atom is -0.507 e. The average Bonchev–Trinajstić information content (AvgIpc) is 3.14. The first-order chi connectivity index (χ1) is 15.3. The molecule has 1 saturated heterocycles. The number of fused-ring (bicyclic) bond motifs is 2. The molecule has 8 nitrogen and oxygen atoms in total. The Morgan fingerprint density at radius 1 is 1.22 bits per heavy atom. The fourth-order valence-electron chi connectivity index (χ4n) is 4.36. The summed E-state index contributed by atoms with van der Waals surface area (Å²) in [5.74, 6) is -0.0916. The van der Waals surface area contributed by atoms with Crippen molar-refractivity contribution < 1.29 is 24.3 Å². The highest BCUT2D eigenvalue weighted by atomic mass is 16.7. The summed E-state index contributed by atoms with van der Waals surface area (Å²) in [7, 11) is 0. The zero-order valence-corrected chi connectivity index (χ0v) is 18.4. The number of rotatable bonds is 5. The second-order valence-electron chi connectivity index (χ2n) is 8.73. The van der Waals surface area contributed by atoms with Crippen molar-refractivity contribution in [2.75, 3.05) is 19.7 Å². The van der Waals surface area contributed by atoms with Crippen molar-refractivity contribution in [3.8, 4) is 11.5 Å². The van der Waals surface area contributed by atoms with Gasteiger partial charge >= 0.3 is 0 Å². The van der Waals surface area contributed by atoms with E-state index in [1.165, 1.54) is 17.7 Å². The third kappa shape index (κ3) is 4.16. The molecule has 0 bridgehead atoms. The molecule has 0 radical (unpaired) electrons. The summed E-state index contributed by atoms with van der Waals surface area (Å²) in [6.45, 7) is 5.81. The molecule has 0 saturated carbocycles. The Kier molecular flexibility index (Phi) is 6.08. The number of benzene rings is 2. The molecule has 0 aliphatic carbocycles. The first kappa shape index (κ1) is 22.1. The summed E-state index contributed by atoms with van der Waals surface area (Å²) in [5, 5.41) is 10.3. The number of hydrogen-bond acceptors (Lipinski definition) is 6. The number of hydrogen-bond donors (Lipinski definition) is 3. The molecular weight excluding hydrogens is 410 g/mol. The number of nitrogens with zero attached hydrogens (tertiary/aromatic N) is 1. The van der Waals surface area contributed by atoms with Gasteiger partial charge in [0, 0.05) is 36.2 Å². The molecule has 32 heavy (non-hydrogen) atoms. The molecule has 2 amide bonds. The zero-order chi connectivity index (χ0) is 22.9. The van der Waals surface area contributed by atoms with Crippen LogP contribution in [0.2, 0.25) is 0 Å². The van der Waals surface area contributed by atoms with Crippen molar-refractivity contribution in [3.05, 3.63) is 58.7 Å². The molecule has 4 rings (SSSR count). The number of phenolic OH excluding ortho intramolecular Hbond substituents is 1. The van der Waals surface area contributed by atoms with E-state index in [2.05, 4.69) is 11.5 Å². The maximum atomic E-state index is 13.0. The predicted octanol–water partition coefficient (Wildman–Crippen LogP) is 2.49. The van der Waals surface area contributed by atoms with E-state index >= 15 is 0 Å². The number of aromatic hydroxyl groups is 1. The lowest BCUT2D eigenvalue weighted by atomic mass is 9.74. The highest BCUT2D eigenvalue weighted by Gasteiger charge is 2.44. The SMILES string of the molecule is CC(C)ONC(=O)c1ccc(C(=O)N2CCC3(CC2)COc2ccc(CN)cc23)cc1O. The third-order valence-electron chi connectivity index (χ3n) is 6.24. The van der Waals surface area contributed by atoms with Crippen molar-refractivity contribution >= 4 is 11.8 Å². The van der Waals surface area contributed by atoms with Crippen LogP contribution in [0, 0.1) is 0 Å². The van der Waals surface area contributed by atoms with E-state index in [1.807, 2.05) is 12.1 Å². The minimum absolute atomic E-state index is 0.0511. The van der Waals surface area contributed by atoms with Crippen LogP contribution in [0.1, 0.15) is 58.5 Å². The van der Waals surface area contributed by atoms with E-state index in [0.29, 0.717) is 31.8 Å². The molecule has 170 valence electrons. The van der Waals surface area contributed by atoms with Gasteiger partial charge in [-0.3, -0.25) is 14.4 Å². The first-order valence-corrected chi connectivity index (χ1v) is 10.9. The third-order valence-corrected chi connectivity index (χ3v) is 6.24. The molecule has 1 fully saturated rings. The number of piperidine rings is 1. The lowest BCUT2D eigenvalue weighted by Gasteiger charge is -2.38. The number of nitrogens with one attached hydrogen (secondary N) is 1. The lowest BCUT2D eigenvalue weighted by Crippen LogP contribution is -2.46. The number of ether oxygens (including phenoxy) is 1. The van der Waals surface area contributed by atoms with Crippen LogP contribution in [0.25, 0.3) is 0 Å². The Hall–Kier alpha value is -3.10. The predicted molar refractivity (Wildman–Crippen MR) is 118 cm³/mol. The largest absolute Gasteiger partial charge is 0.507 e. The summed E-state index contributed by atoms with van der Waals surface area (Å²) in [4.78, 5) is 32.0. The second kappa shape index (κ2) is 8.80. The topological polar surface area (TPSA) is 114 Å². The Bertz CT molecular complexity index is 1030. The lowest BCUT2D eigenvalue weighted by molar-refractivity contribution is 0.0000312. The normalized spacial score (nSPS) is 16.7. The molecule has 0 atom stereocenters. The second-order valence-corrected chi connectivity index (χ2v) is 8.73. The number of likely N-dealkylation sites (tertiary alicyclic amines) is 1. The van der Waals surface area contributed by atoms with Gasteiger partial charge in [0.05, 0.1) is 18.3 Å². The molecule has 2 aromatic rings. The summed E-state index contributed by atoms with van der Waals surface area (Å²) >= 11 is 0. The van der Waals surface area contributed by atoms with E-state index in [0.717, 1.165) is 24.2 Å². The van der Waals surface area contributed by atoms with Crippen molar-refractivity contribution in [2.24, 2.45) is 5.73 Å². The maximum absolute atomic E-state index is 13.0. The first-order valence-electron chi connectivity index (χ1n) is 10.9. The van der Waals surface area contributed by atoms with Gasteiger partial charge in [0.1, 0.15) is 11.5 Å². The molecule has 0 aromatic heterocycles. The van der Waals surface area contributed by atoms with Gasteiger partial charge in [0.15, 0.2) is 0 Å². The Morgan fingerprint density at radius 2 is 1.97 bits per heavy atom. The van der Waals surface area contributed by atoms with Gasteiger partial charge in [0.25, 0.3) is 11.8 Å². The molecule has 1 spiro atoms. The summed E-state index contributed by atoms with van der Waals surface area (Å²) in [6.07, 6.45) is 1.39. The van der Waals surface area contributed by atoms with E-state index in [1.54, 1.807) is 24.8 Å². The smallest absolute Gasteiger partial charge is 0.278 e. The summed E-state index contributed by atoms with van der Waals surface area (Å²) in [6, 6.07) is 10.4. The van der Waals surface area contributed by atoms with Crippen LogP contribution in [0.4, 0.5) is 0 Å². The van der Waals surface area contributed by atoms with Gasteiger partial charge in [0.2, 0.25) is 0 Å². The number of phenols is 1. The highest BCUT2D eigenvalue weighted by molar-refractivity contribution is 5.99. The van der Waals surface area contributed by atoms with Gasteiger partial charge in [-0.25, -0.2) is 5.48 Å². The van der Waals surface area contributed by atoms with Crippen LogP contribution in [0.5, 0.6) is 11.5 Å². The monoisotopic (exact) mass is 439 g/mol. The molecule has 2 heterocycles. The Labute approximate surface area is 187 Å². The fraction of sp³-hybridized carbons (Fsp3) is 0.417. The van der Waals surface area contributed by atoms with Crippen molar-refractivity contribution in [1.82, 2.24) is 10.4 Å². The summed E-state index contributed by atoms with van der Waals surface area (Å²) < 4.78 is 5.93. The van der Waals surface area contributed by atoms with E-state index in [-0.39, 0.29) is 28.7 Å². The molecule has 8 heteroatoms. The maximum Gasteiger partial charge on any atom is 0.278 e. The van der Waals surface area contributed by atoms with E-state index < -0.39 is 5.91 Å². The number of amides is 2. The van der Waals surface area contributed by atoms with Gasteiger partial charge in [-0.1, -0.05) is 12.1 Å². The van der Waals surface area contributed by atoms with E-state index in [9.17, 15) is 14.7 Å². The Morgan fingerprint density at radius 3 is 2.62 bits per heavy atom. The van der Waals surface area contributed by atoms with Crippen molar-refractivity contribution in [2.45, 2.75) is 44.8 Å².